The maximum absolute atomic E-state index is 12.6. The highest BCUT2D eigenvalue weighted by molar-refractivity contribution is 8.03. The first-order chi connectivity index (χ1) is 13.0. The Bertz CT molecular complexity index is 795. The molecule has 0 aromatic heterocycles. The van der Waals surface area contributed by atoms with Crippen LogP contribution in [-0.4, -0.2) is 35.1 Å². The molecular formula is C21H25N3O2S. The van der Waals surface area contributed by atoms with E-state index in [0.29, 0.717) is 10.6 Å². The summed E-state index contributed by atoms with van der Waals surface area (Å²) < 4.78 is 0. The molecule has 0 spiro atoms. The van der Waals surface area contributed by atoms with E-state index in [4.69, 9.17) is 0 Å². The van der Waals surface area contributed by atoms with E-state index in [-0.39, 0.29) is 35.9 Å². The van der Waals surface area contributed by atoms with Crippen molar-refractivity contribution in [3.8, 4) is 6.07 Å². The van der Waals surface area contributed by atoms with Crippen molar-refractivity contribution in [1.29, 1.82) is 5.26 Å². The topological polar surface area (TPSA) is 73.2 Å². The molecule has 5 nitrogen and oxygen atoms in total. The van der Waals surface area contributed by atoms with E-state index >= 15 is 0 Å². The van der Waals surface area contributed by atoms with Crippen LogP contribution in [-0.2, 0) is 9.59 Å². The van der Waals surface area contributed by atoms with Gasteiger partial charge in [0.05, 0.1) is 22.4 Å². The minimum Gasteiger partial charge on any atom is -0.339 e. The summed E-state index contributed by atoms with van der Waals surface area (Å²) in [5.74, 6) is -0.0495. The summed E-state index contributed by atoms with van der Waals surface area (Å²) in [6, 6.07) is 10.5. The molecule has 2 aliphatic heterocycles. The summed E-state index contributed by atoms with van der Waals surface area (Å²) in [6.07, 6.45) is 3.50. The molecular weight excluding hydrogens is 358 g/mol. The summed E-state index contributed by atoms with van der Waals surface area (Å²) >= 11 is 1.27. The number of aryl methyl sites for hydroxylation is 1. The lowest BCUT2D eigenvalue weighted by Gasteiger charge is -2.33. The molecule has 0 unspecified atom stereocenters. The van der Waals surface area contributed by atoms with Gasteiger partial charge in [-0.15, -0.1) is 0 Å². The molecule has 27 heavy (non-hydrogen) atoms. The molecule has 3 rings (SSSR count). The number of amides is 2. The van der Waals surface area contributed by atoms with Gasteiger partial charge in [0.2, 0.25) is 11.8 Å². The number of thioether (sulfide) groups is 1. The van der Waals surface area contributed by atoms with Crippen LogP contribution >= 0.6 is 11.8 Å². The van der Waals surface area contributed by atoms with Gasteiger partial charge in [-0.1, -0.05) is 41.6 Å². The molecule has 0 saturated carbocycles. The number of nitrogens with zero attached hydrogens (tertiary/aromatic N) is 2. The van der Waals surface area contributed by atoms with Crippen LogP contribution in [0.25, 0.3) is 0 Å². The van der Waals surface area contributed by atoms with Crippen molar-refractivity contribution in [1.82, 2.24) is 10.2 Å². The first kappa shape index (κ1) is 19.5. The molecule has 1 aromatic carbocycles. The largest absolute Gasteiger partial charge is 0.339 e. The van der Waals surface area contributed by atoms with Gasteiger partial charge < -0.3 is 10.2 Å². The Balaban J connectivity index is 1.77. The van der Waals surface area contributed by atoms with E-state index in [1.807, 2.05) is 36.1 Å². The lowest BCUT2D eigenvalue weighted by atomic mass is 9.87. The number of benzene rings is 1. The number of piperidine rings is 1. The number of carbonyl (C=O) groups excluding carboxylic acids is 2. The second-order valence-corrected chi connectivity index (χ2v) is 8.28. The van der Waals surface area contributed by atoms with E-state index in [1.165, 1.54) is 11.8 Å². The van der Waals surface area contributed by atoms with Crippen LogP contribution in [0.1, 0.15) is 49.7 Å². The average molecular weight is 384 g/mol. The minimum atomic E-state index is -0.254. The minimum absolute atomic E-state index is 0.0729. The molecule has 2 atom stereocenters. The molecule has 142 valence electrons. The molecule has 0 aliphatic carbocycles. The number of carbonyl (C=O) groups is 2. The van der Waals surface area contributed by atoms with Crippen LogP contribution in [0, 0.1) is 18.3 Å². The number of allylic oxidation sites excluding steroid dienone is 1. The van der Waals surface area contributed by atoms with Gasteiger partial charge in [-0.25, -0.2) is 0 Å². The lowest BCUT2D eigenvalue weighted by Crippen LogP contribution is -2.43. The van der Waals surface area contributed by atoms with E-state index in [2.05, 4.69) is 18.3 Å². The van der Waals surface area contributed by atoms with Gasteiger partial charge in [-0.2, -0.15) is 5.26 Å². The number of hydrogen-bond donors (Lipinski definition) is 1. The van der Waals surface area contributed by atoms with Crippen molar-refractivity contribution in [3.63, 3.8) is 0 Å². The normalized spacial score (nSPS) is 23.0. The smallest absolute Gasteiger partial charge is 0.233 e. The summed E-state index contributed by atoms with van der Waals surface area (Å²) in [4.78, 5) is 26.7. The van der Waals surface area contributed by atoms with E-state index < -0.39 is 0 Å². The van der Waals surface area contributed by atoms with Gasteiger partial charge in [0.15, 0.2) is 0 Å². The second kappa shape index (κ2) is 8.62. The molecule has 1 N–H and O–H groups in total. The monoisotopic (exact) mass is 383 g/mol. The predicted molar refractivity (Wildman–Crippen MR) is 107 cm³/mol. The van der Waals surface area contributed by atoms with Gasteiger partial charge in [-0.3, -0.25) is 9.59 Å². The van der Waals surface area contributed by atoms with E-state index in [1.54, 1.807) is 0 Å². The van der Waals surface area contributed by atoms with Crippen molar-refractivity contribution < 1.29 is 9.59 Å². The van der Waals surface area contributed by atoms with Crippen LogP contribution in [0.2, 0.25) is 0 Å². The predicted octanol–water partition coefficient (Wildman–Crippen LogP) is 3.47. The zero-order chi connectivity index (χ0) is 19.4. The van der Waals surface area contributed by atoms with Crippen molar-refractivity contribution in [2.75, 3.05) is 12.3 Å². The molecule has 6 heteroatoms. The van der Waals surface area contributed by atoms with Gasteiger partial charge in [0, 0.05) is 24.9 Å². The third-order valence-electron chi connectivity index (χ3n) is 5.30. The fourth-order valence-electron chi connectivity index (χ4n) is 3.70. The zero-order valence-electron chi connectivity index (χ0n) is 15.8. The summed E-state index contributed by atoms with van der Waals surface area (Å²) in [6.45, 7) is 4.88. The highest BCUT2D eigenvalue weighted by atomic mass is 32.2. The number of nitriles is 1. The van der Waals surface area contributed by atoms with Crippen LogP contribution < -0.4 is 5.32 Å². The van der Waals surface area contributed by atoms with Crippen molar-refractivity contribution >= 4 is 23.6 Å². The number of rotatable bonds is 4. The van der Waals surface area contributed by atoms with Crippen LogP contribution in [0.15, 0.2) is 34.9 Å². The molecule has 2 heterocycles. The second-order valence-electron chi connectivity index (χ2n) is 7.29. The highest BCUT2D eigenvalue weighted by Crippen LogP contribution is 2.36. The molecule has 0 bridgehead atoms. The van der Waals surface area contributed by atoms with E-state index in [0.717, 1.165) is 36.9 Å². The Morgan fingerprint density at radius 2 is 2.07 bits per heavy atom. The van der Waals surface area contributed by atoms with Gasteiger partial charge >= 0.3 is 0 Å². The Morgan fingerprint density at radius 3 is 2.74 bits per heavy atom. The molecule has 1 saturated heterocycles. The summed E-state index contributed by atoms with van der Waals surface area (Å²) in [5.41, 5.74) is 2.64. The van der Waals surface area contributed by atoms with Gasteiger partial charge in [-0.05, 0) is 38.7 Å². The molecule has 0 radical (unpaired) electrons. The molecule has 1 aromatic rings. The number of hydrogen-bond acceptors (Lipinski definition) is 4. The van der Waals surface area contributed by atoms with E-state index in [9.17, 15) is 14.9 Å². The maximum Gasteiger partial charge on any atom is 0.233 e. The first-order valence-electron chi connectivity index (χ1n) is 9.42. The Kier molecular flexibility index (Phi) is 6.22. The van der Waals surface area contributed by atoms with Gasteiger partial charge in [0.1, 0.15) is 0 Å². The Hall–Kier alpha value is -2.26. The fourth-order valence-corrected chi connectivity index (χ4v) is 4.66. The van der Waals surface area contributed by atoms with Crippen molar-refractivity contribution in [3.05, 3.63) is 46.0 Å². The van der Waals surface area contributed by atoms with Crippen molar-refractivity contribution in [2.45, 2.75) is 51.5 Å². The average Bonchev–Trinajstić information content (AvgIpc) is 2.66. The quantitative estimate of drug-likeness (QED) is 0.864. The third-order valence-corrected chi connectivity index (χ3v) is 6.30. The molecule has 2 amide bonds. The number of likely N-dealkylation sites (tertiary alicyclic amines) is 1. The molecule has 1 fully saturated rings. The first-order valence-corrected chi connectivity index (χ1v) is 10.4. The lowest BCUT2D eigenvalue weighted by molar-refractivity contribution is -0.131. The van der Waals surface area contributed by atoms with Crippen LogP contribution in [0.5, 0.6) is 0 Å². The SMILES string of the molecule is Cc1ccc([C@H]2CC(=O)NC(SCC(=O)N3CCCC[C@H]3C)=C2C#N)cc1. The third kappa shape index (κ3) is 4.54. The highest BCUT2D eigenvalue weighted by Gasteiger charge is 2.30. The van der Waals surface area contributed by atoms with Crippen LogP contribution in [0.3, 0.4) is 0 Å². The Labute approximate surface area is 164 Å². The van der Waals surface area contributed by atoms with Crippen LogP contribution in [0.4, 0.5) is 0 Å². The summed E-state index contributed by atoms with van der Waals surface area (Å²) in [7, 11) is 0. The maximum atomic E-state index is 12.6. The standard InChI is InChI=1S/C21H25N3O2S/c1-14-6-8-16(9-7-14)17-11-19(25)23-21(18(17)12-22)27-13-20(26)24-10-4-3-5-15(24)2/h6-9,15,17H,3-5,10-11,13H2,1-2H3,(H,23,25)/t15-,17-/m1/s1. The fraction of sp³-hybridized carbons (Fsp3) is 0.476. The summed E-state index contributed by atoms with van der Waals surface area (Å²) in [5, 5.41) is 13.1. The van der Waals surface area contributed by atoms with Gasteiger partial charge in [0.25, 0.3) is 0 Å². The zero-order valence-corrected chi connectivity index (χ0v) is 16.6. The van der Waals surface area contributed by atoms with Crippen molar-refractivity contribution in [2.24, 2.45) is 0 Å². The number of nitrogens with one attached hydrogen (secondary N) is 1. The molecule has 2 aliphatic rings. The Morgan fingerprint density at radius 1 is 1.33 bits per heavy atom.